The zero-order valence-electron chi connectivity index (χ0n) is 5.17. The van der Waals surface area contributed by atoms with E-state index >= 15 is 0 Å². The molecule has 1 rings (SSSR count). The predicted octanol–water partition coefficient (Wildman–Crippen LogP) is 4.10. The lowest BCUT2D eigenvalue weighted by atomic mass is 10.3. The van der Waals surface area contributed by atoms with Crippen molar-refractivity contribution < 1.29 is 0 Å². The molecule has 1 nitrogen and oxygen atoms in total. The van der Waals surface area contributed by atoms with Crippen molar-refractivity contribution in [2.45, 2.75) is 0 Å². The minimum Gasteiger partial charge on any atom is -0.398 e. The van der Waals surface area contributed by atoms with Gasteiger partial charge in [-0.05, 0) is 37.9 Å². The van der Waals surface area contributed by atoms with Crippen LogP contribution in [0.4, 0.5) is 5.69 Å². The van der Waals surface area contributed by atoms with Gasteiger partial charge >= 0.3 is 0 Å². The quantitative estimate of drug-likeness (QED) is 0.435. The van der Waals surface area contributed by atoms with Crippen molar-refractivity contribution >= 4 is 60.7 Å². The maximum absolute atomic E-state index is 5.83. The van der Waals surface area contributed by atoms with Crippen molar-refractivity contribution in [2.75, 3.05) is 5.73 Å². The molecule has 0 amide bonds. The number of hydrogen-bond donors (Lipinski definition) is 1. The van der Waals surface area contributed by atoms with E-state index in [9.17, 15) is 0 Å². The number of nitrogens with two attached hydrogens (primary N) is 1. The average Bonchev–Trinajstić information content (AvgIpc) is 1.97. The molecule has 0 spiro atoms. The molecular formula is C6H3Br2Cl2N. The minimum atomic E-state index is 0.495. The lowest BCUT2D eigenvalue weighted by molar-refractivity contribution is 1.58. The van der Waals surface area contributed by atoms with Gasteiger partial charge in [-0.3, -0.25) is 0 Å². The van der Waals surface area contributed by atoms with Gasteiger partial charge in [0.15, 0.2) is 0 Å². The second-order valence-electron chi connectivity index (χ2n) is 1.89. The van der Waals surface area contributed by atoms with Crippen molar-refractivity contribution in [3.8, 4) is 0 Å². The third-order valence-corrected chi connectivity index (χ3v) is 4.17. The van der Waals surface area contributed by atoms with E-state index < -0.39 is 0 Å². The second-order valence-corrected chi connectivity index (χ2v) is 4.26. The summed E-state index contributed by atoms with van der Waals surface area (Å²) in [7, 11) is 0. The monoisotopic (exact) mass is 317 g/mol. The molecule has 0 atom stereocenters. The van der Waals surface area contributed by atoms with Gasteiger partial charge in [-0.2, -0.15) is 0 Å². The molecule has 0 radical (unpaired) electrons. The third-order valence-electron chi connectivity index (χ3n) is 1.13. The summed E-state index contributed by atoms with van der Waals surface area (Å²) in [5.41, 5.74) is 6.08. The van der Waals surface area contributed by atoms with Crippen LogP contribution >= 0.6 is 55.1 Å². The highest BCUT2D eigenvalue weighted by atomic mass is 79.9. The molecule has 0 aliphatic rings. The Morgan fingerprint density at radius 1 is 1.18 bits per heavy atom. The Hall–Kier alpha value is 0.560. The smallest absolute Gasteiger partial charge is 0.0726 e. The van der Waals surface area contributed by atoms with Gasteiger partial charge in [0.25, 0.3) is 0 Å². The molecule has 0 bridgehead atoms. The SMILES string of the molecule is Nc1cc(Cl)c(Br)c(Cl)c1Br. The van der Waals surface area contributed by atoms with Crippen LogP contribution in [0.15, 0.2) is 15.0 Å². The largest absolute Gasteiger partial charge is 0.398 e. The lowest BCUT2D eigenvalue weighted by Gasteiger charge is -2.04. The number of anilines is 1. The lowest BCUT2D eigenvalue weighted by Crippen LogP contribution is -1.87. The Kier molecular flexibility index (Phi) is 3.09. The zero-order chi connectivity index (χ0) is 8.59. The Morgan fingerprint density at radius 3 is 2.27 bits per heavy atom. The van der Waals surface area contributed by atoms with E-state index in [1.54, 1.807) is 6.07 Å². The molecular weight excluding hydrogens is 317 g/mol. The zero-order valence-corrected chi connectivity index (χ0v) is 9.85. The summed E-state index contributed by atoms with van der Waals surface area (Å²) in [6, 6.07) is 1.63. The van der Waals surface area contributed by atoms with Crippen LogP contribution in [-0.2, 0) is 0 Å². The van der Waals surface area contributed by atoms with Crippen LogP contribution in [-0.4, -0.2) is 0 Å². The van der Waals surface area contributed by atoms with Gasteiger partial charge in [-0.25, -0.2) is 0 Å². The van der Waals surface area contributed by atoms with Crippen molar-refractivity contribution in [2.24, 2.45) is 0 Å². The van der Waals surface area contributed by atoms with Crippen LogP contribution in [0.1, 0.15) is 0 Å². The molecule has 2 N–H and O–H groups in total. The Labute approximate surface area is 91.1 Å². The van der Waals surface area contributed by atoms with Crippen LogP contribution in [0.25, 0.3) is 0 Å². The first-order valence-corrected chi connectivity index (χ1v) is 4.96. The van der Waals surface area contributed by atoms with Crippen molar-refractivity contribution in [1.29, 1.82) is 0 Å². The standard InChI is InChI=1S/C6H3Br2Cl2N/c7-4-2(9)1-3(11)5(8)6(4)10/h1H,11H2. The van der Waals surface area contributed by atoms with E-state index in [2.05, 4.69) is 31.9 Å². The van der Waals surface area contributed by atoms with Gasteiger partial charge in [0, 0.05) is 5.69 Å². The molecule has 0 aliphatic heterocycles. The summed E-state index contributed by atoms with van der Waals surface area (Å²) in [6.45, 7) is 0. The molecule has 0 unspecified atom stereocenters. The van der Waals surface area contributed by atoms with Crippen molar-refractivity contribution in [3.63, 3.8) is 0 Å². The van der Waals surface area contributed by atoms with Crippen LogP contribution in [0.2, 0.25) is 10.0 Å². The number of rotatable bonds is 0. The average molecular weight is 320 g/mol. The molecule has 60 valence electrons. The molecule has 1 aromatic carbocycles. The summed E-state index contributed by atoms with van der Waals surface area (Å²) in [5.74, 6) is 0. The molecule has 5 heteroatoms. The highest BCUT2D eigenvalue weighted by Gasteiger charge is 2.09. The highest BCUT2D eigenvalue weighted by molar-refractivity contribution is 9.11. The fraction of sp³-hybridized carbons (Fsp3) is 0. The number of benzene rings is 1. The second kappa shape index (κ2) is 3.52. The summed E-state index contributed by atoms with van der Waals surface area (Å²) in [6.07, 6.45) is 0. The molecule has 0 saturated carbocycles. The normalized spacial score (nSPS) is 10.2. The first-order valence-electron chi connectivity index (χ1n) is 2.62. The fourth-order valence-electron chi connectivity index (χ4n) is 0.591. The fourth-order valence-corrected chi connectivity index (χ4v) is 1.95. The molecule has 0 saturated heterocycles. The maximum Gasteiger partial charge on any atom is 0.0726 e. The van der Waals surface area contributed by atoms with Crippen LogP contribution in [0.5, 0.6) is 0 Å². The molecule has 11 heavy (non-hydrogen) atoms. The van der Waals surface area contributed by atoms with Gasteiger partial charge in [0.2, 0.25) is 0 Å². The summed E-state index contributed by atoms with van der Waals surface area (Å²) < 4.78 is 1.32. The van der Waals surface area contributed by atoms with E-state index in [0.29, 0.717) is 24.7 Å². The summed E-state index contributed by atoms with van der Waals surface area (Å²) >= 11 is 18.0. The molecule has 0 fully saturated rings. The van der Waals surface area contributed by atoms with Crippen LogP contribution in [0.3, 0.4) is 0 Å². The number of nitrogen functional groups attached to an aromatic ring is 1. The molecule has 0 aromatic heterocycles. The van der Waals surface area contributed by atoms with Gasteiger partial charge in [0.05, 0.1) is 19.0 Å². The maximum atomic E-state index is 5.83. The minimum absolute atomic E-state index is 0.495. The van der Waals surface area contributed by atoms with Gasteiger partial charge in [-0.1, -0.05) is 23.2 Å². The van der Waals surface area contributed by atoms with Crippen LogP contribution < -0.4 is 5.73 Å². The Morgan fingerprint density at radius 2 is 1.73 bits per heavy atom. The first kappa shape index (κ1) is 9.65. The number of hydrogen-bond acceptors (Lipinski definition) is 1. The number of halogens is 4. The third kappa shape index (κ3) is 1.83. The van der Waals surface area contributed by atoms with Crippen molar-refractivity contribution in [1.82, 2.24) is 0 Å². The first-order chi connectivity index (χ1) is 5.04. The molecule has 0 heterocycles. The van der Waals surface area contributed by atoms with Crippen LogP contribution in [0, 0.1) is 0 Å². The van der Waals surface area contributed by atoms with E-state index in [1.807, 2.05) is 0 Å². The molecule has 0 aliphatic carbocycles. The van der Waals surface area contributed by atoms with Gasteiger partial charge in [0.1, 0.15) is 0 Å². The van der Waals surface area contributed by atoms with E-state index in [4.69, 9.17) is 28.9 Å². The summed E-state index contributed by atoms with van der Waals surface area (Å²) in [4.78, 5) is 0. The van der Waals surface area contributed by atoms with E-state index in [-0.39, 0.29) is 0 Å². The van der Waals surface area contributed by atoms with Crippen molar-refractivity contribution in [3.05, 3.63) is 25.1 Å². The van der Waals surface area contributed by atoms with Gasteiger partial charge in [-0.15, -0.1) is 0 Å². The summed E-state index contributed by atoms with van der Waals surface area (Å²) in [5, 5.41) is 1.01. The van der Waals surface area contributed by atoms with E-state index in [0.717, 1.165) is 0 Å². The van der Waals surface area contributed by atoms with Gasteiger partial charge < -0.3 is 5.73 Å². The van der Waals surface area contributed by atoms with E-state index in [1.165, 1.54) is 0 Å². The molecule has 1 aromatic rings. The predicted molar refractivity (Wildman–Crippen MR) is 56.3 cm³/mol. The highest BCUT2D eigenvalue weighted by Crippen LogP contribution is 2.39. The Bertz CT molecular complexity index is 275. The Balaban J connectivity index is 3.46. The topological polar surface area (TPSA) is 26.0 Å².